The number of hydrogen-bond donors (Lipinski definition) is 1. The molecule has 0 aromatic carbocycles. The molecule has 0 aromatic heterocycles. The molecule has 0 aromatic rings. The van der Waals surface area contributed by atoms with Gasteiger partial charge in [-0.3, -0.25) is 4.79 Å². The van der Waals surface area contributed by atoms with Crippen LogP contribution in [0, 0.1) is 17.8 Å². The summed E-state index contributed by atoms with van der Waals surface area (Å²) in [5, 5.41) is 3.43. The third-order valence-corrected chi connectivity index (χ3v) is 3.64. The minimum Gasteiger partial charge on any atom is -0.342 e. The number of rotatable bonds is 2. The summed E-state index contributed by atoms with van der Waals surface area (Å²) in [5.74, 6) is 2.38. The van der Waals surface area contributed by atoms with E-state index in [0.717, 1.165) is 38.0 Å². The van der Waals surface area contributed by atoms with Crippen LogP contribution in [-0.4, -0.2) is 37.0 Å². The van der Waals surface area contributed by atoms with Gasteiger partial charge in [0, 0.05) is 19.5 Å². The lowest BCUT2D eigenvalue weighted by Crippen LogP contribution is -2.43. The van der Waals surface area contributed by atoms with Gasteiger partial charge in [0.25, 0.3) is 0 Å². The standard InChI is InChI=1S/C12H22N2O.ClH/c1-9(2)5-12(15)14-4-3-10-6-13-7-11(10)8-14;/h9-11,13H,3-8H2,1-2H3;1H. The molecule has 2 unspecified atom stereocenters. The molecule has 2 aliphatic rings. The van der Waals surface area contributed by atoms with Crippen LogP contribution in [0.5, 0.6) is 0 Å². The first kappa shape index (κ1) is 13.8. The zero-order valence-corrected chi connectivity index (χ0v) is 11.1. The van der Waals surface area contributed by atoms with E-state index in [1.165, 1.54) is 6.42 Å². The summed E-state index contributed by atoms with van der Waals surface area (Å²) in [6.45, 7) is 8.47. The lowest BCUT2D eigenvalue weighted by molar-refractivity contribution is -0.134. The minimum absolute atomic E-state index is 0. The van der Waals surface area contributed by atoms with Crippen LogP contribution < -0.4 is 5.32 Å². The summed E-state index contributed by atoms with van der Waals surface area (Å²) in [6, 6.07) is 0. The van der Waals surface area contributed by atoms with E-state index in [1.807, 2.05) is 0 Å². The number of nitrogens with one attached hydrogen (secondary N) is 1. The number of carbonyl (C=O) groups excluding carboxylic acids is 1. The molecule has 2 rings (SSSR count). The van der Waals surface area contributed by atoms with Gasteiger partial charge in [-0.05, 0) is 37.3 Å². The molecule has 16 heavy (non-hydrogen) atoms. The second-order valence-corrected chi connectivity index (χ2v) is 5.40. The summed E-state index contributed by atoms with van der Waals surface area (Å²) in [5.41, 5.74) is 0. The summed E-state index contributed by atoms with van der Waals surface area (Å²) < 4.78 is 0. The van der Waals surface area contributed by atoms with E-state index in [4.69, 9.17) is 0 Å². The molecule has 2 heterocycles. The number of carbonyl (C=O) groups is 1. The highest BCUT2D eigenvalue weighted by molar-refractivity contribution is 5.85. The molecular formula is C12H23ClN2O. The molecule has 0 saturated carbocycles. The van der Waals surface area contributed by atoms with E-state index < -0.39 is 0 Å². The molecule has 2 saturated heterocycles. The van der Waals surface area contributed by atoms with Crippen LogP contribution in [0.25, 0.3) is 0 Å². The first-order chi connectivity index (χ1) is 7.16. The fraction of sp³-hybridized carbons (Fsp3) is 0.917. The highest BCUT2D eigenvalue weighted by atomic mass is 35.5. The predicted octanol–water partition coefficient (Wildman–Crippen LogP) is 1.52. The zero-order valence-electron chi connectivity index (χ0n) is 10.2. The molecule has 2 fully saturated rings. The Morgan fingerprint density at radius 1 is 1.38 bits per heavy atom. The highest BCUT2D eigenvalue weighted by Crippen LogP contribution is 2.26. The quantitative estimate of drug-likeness (QED) is 0.802. The molecule has 1 amide bonds. The molecule has 0 aliphatic carbocycles. The van der Waals surface area contributed by atoms with Crippen molar-refractivity contribution < 1.29 is 4.79 Å². The van der Waals surface area contributed by atoms with Gasteiger partial charge in [-0.25, -0.2) is 0 Å². The fourth-order valence-electron chi connectivity index (χ4n) is 2.74. The van der Waals surface area contributed by atoms with Gasteiger partial charge >= 0.3 is 0 Å². The third kappa shape index (κ3) is 3.11. The molecule has 0 bridgehead atoms. The monoisotopic (exact) mass is 246 g/mol. The fourth-order valence-corrected chi connectivity index (χ4v) is 2.74. The van der Waals surface area contributed by atoms with Crippen molar-refractivity contribution in [3.8, 4) is 0 Å². The number of amides is 1. The summed E-state index contributed by atoms with van der Waals surface area (Å²) in [4.78, 5) is 14.0. The summed E-state index contributed by atoms with van der Waals surface area (Å²) in [6.07, 6.45) is 1.91. The van der Waals surface area contributed by atoms with E-state index in [-0.39, 0.29) is 12.4 Å². The second kappa shape index (κ2) is 5.87. The van der Waals surface area contributed by atoms with E-state index in [9.17, 15) is 4.79 Å². The van der Waals surface area contributed by atoms with Crippen LogP contribution in [0.2, 0.25) is 0 Å². The van der Waals surface area contributed by atoms with Gasteiger partial charge in [0.05, 0.1) is 0 Å². The maximum Gasteiger partial charge on any atom is 0.222 e. The van der Waals surface area contributed by atoms with Crippen molar-refractivity contribution in [2.24, 2.45) is 17.8 Å². The van der Waals surface area contributed by atoms with Crippen molar-refractivity contribution >= 4 is 18.3 Å². The van der Waals surface area contributed by atoms with Crippen molar-refractivity contribution in [1.82, 2.24) is 10.2 Å². The van der Waals surface area contributed by atoms with Crippen molar-refractivity contribution in [3.05, 3.63) is 0 Å². The van der Waals surface area contributed by atoms with Gasteiger partial charge in [0.1, 0.15) is 0 Å². The topological polar surface area (TPSA) is 32.3 Å². The van der Waals surface area contributed by atoms with Gasteiger partial charge in [0.2, 0.25) is 5.91 Å². The van der Waals surface area contributed by atoms with Gasteiger partial charge in [0.15, 0.2) is 0 Å². The molecule has 0 radical (unpaired) electrons. The molecular weight excluding hydrogens is 224 g/mol. The van der Waals surface area contributed by atoms with E-state index in [1.54, 1.807) is 0 Å². The lowest BCUT2D eigenvalue weighted by atomic mass is 9.88. The molecule has 94 valence electrons. The Morgan fingerprint density at radius 3 is 2.75 bits per heavy atom. The third-order valence-electron chi connectivity index (χ3n) is 3.64. The van der Waals surface area contributed by atoms with Crippen LogP contribution >= 0.6 is 12.4 Å². The second-order valence-electron chi connectivity index (χ2n) is 5.40. The van der Waals surface area contributed by atoms with Crippen LogP contribution in [0.1, 0.15) is 26.7 Å². The first-order valence-electron chi connectivity index (χ1n) is 6.15. The van der Waals surface area contributed by atoms with Crippen molar-refractivity contribution in [3.63, 3.8) is 0 Å². The number of piperidine rings is 1. The summed E-state index contributed by atoms with van der Waals surface area (Å²) >= 11 is 0. The Balaban J connectivity index is 0.00000128. The van der Waals surface area contributed by atoms with Crippen LogP contribution in [-0.2, 0) is 4.79 Å². The van der Waals surface area contributed by atoms with Crippen molar-refractivity contribution in [2.75, 3.05) is 26.2 Å². The number of hydrogen-bond acceptors (Lipinski definition) is 2. The van der Waals surface area contributed by atoms with E-state index in [2.05, 4.69) is 24.1 Å². The Bertz CT molecular complexity index is 245. The van der Waals surface area contributed by atoms with Crippen molar-refractivity contribution in [1.29, 1.82) is 0 Å². The van der Waals surface area contributed by atoms with Gasteiger partial charge in [-0.15, -0.1) is 12.4 Å². The summed E-state index contributed by atoms with van der Waals surface area (Å²) in [7, 11) is 0. The molecule has 2 atom stereocenters. The Kier molecular flexibility index (Phi) is 5.06. The number of nitrogens with zero attached hydrogens (tertiary/aromatic N) is 1. The maximum absolute atomic E-state index is 11.9. The van der Waals surface area contributed by atoms with Gasteiger partial charge in [-0.2, -0.15) is 0 Å². The van der Waals surface area contributed by atoms with Crippen LogP contribution in [0.3, 0.4) is 0 Å². The molecule has 3 nitrogen and oxygen atoms in total. The van der Waals surface area contributed by atoms with Gasteiger partial charge in [-0.1, -0.05) is 13.8 Å². The Labute approximate surface area is 104 Å². The number of halogens is 1. The average Bonchev–Trinajstić information content (AvgIpc) is 2.62. The molecule has 2 aliphatic heterocycles. The van der Waals surface area contributed by atoms with E-state index in [0.29, 0.717) is 18.2 Å². The van der Waals surface area contributed by atoms with E-state index >= 15 is 0 Å². The largest absolute Gasteiger partial charge is 0.342 e. The van der Waals surface area contributed by atoms with Crippen LogP contribution in [0.4, 0.5) is 0 Å². The predicted molar refractivity (Wildman–Crippen MR) is 67.7 cm³/mol. The first-order valence-corrected chi connectivity index (χ1v) is 6.15. The highest BCUT2D eigenvalue weighted by Gasteiger charge is 2.34. The van der Waals surface area contributed by atoms with Gasteiger partial charge < -0.3 is 10.2 Å². The average molecular weight is 247 g/mol. The zero-order chi connectivity index (χ0) is 10.8. The van der Waals surface area contributed by atoms with Crippen molar-refractivity contribution in [2.45, 2.75) is 26.7 Å². The Morgan fingerprint density at radius 2 is 2.06 bits per heavy atom. The Hall–Kier alpha value is -0.280. The number of likely N-dealkylation sites (tertiary alicyclic amines) is 1. The SMILES string of the molecule is CC(C)CC(=O)N1CCC2CNCC2C1.Cl. The molecule has 0 spiro atoms. The smallest absolute Gasteiger partial charge is 0.222 e. The molecule has 1 N–H and O–H groups in total. The van der Waals surface area contributed by atoms with Crippen LogP contribution in [0.15, 0.2) is 0 Å². The minimum atomic E-state index is 0. The number of fused-ring (bicyclic) bond motifs is 1. The normalized spacial score (nSPS) is 28.8. The maximum atomic E-state index is 11.9. The molecule has 4 heteroatoms. The lowest BCUT2D eigenvalue weighted by Gasteiger charge is -2.34.